The summed E-state index contributed by atoms with van der Waals surface area (Å²) in [6.07, 6.45) is 9.65. The third kappa shape index (κ3) is 5.42. The zero-order valence-electron chi connectivity index (χ0n) is 22.9. The molecule has 0 unspecified atom stereocenters. The van der Waals surface area contributed by atoms with Gasteiger partial charge < -0.3 is 4.90 Å². The van der Waals surface area contributed by atoms with Crippen LogP contribution in [0.2, 0.25) is 0 Å². The van der Waals surface area contributed by atoms with Crippen LogP contribution in [0.15, 0.2) is 48.8 Å². The molecule has 0 N–H and O–H groups in total. The van der Waals surface area contributed by atoms with Crippen LogP contribution in [0, 0.1) is 29.6 Å². The monoisotopic (exact) mass is 557 g/mol. The average molecular weight is 558 g/mol. The number of nitriles is 1. The van der Waals surface area contributed by atoms with Gasteiger partial charge in [0, 0.05) is 54.5 Å². The molecule has 0 bridgehead atoms. The Morgan fingerprint density at radius 1 is 1.05 bits per heavy atom. The smallest absolute Gasteiger partial charge is 0.153 e. The number of carbonyl (C=O) groups excluding carboxylic acids is 1. The van der Waals surface area contributed by atoms with E-state index in [-0.39, 0.29) is 29.1 Å². The van der Waals surface area contributed by atoms with Gasteiger partial charge in [-0.05, 0) is 62.4 Å². The molecule has 3 aromatic rings. The lowest BCUT2D eigenvalue weighted by atomic mass is 9.72. The molecule has 2 saturated carbocycles. The van der Waals surface area contributed by atoms with Crippen LogP contribution in [0.1, 0.15) is 62.3 Å². The van der Waals surface area contributed by atoms with Crippen molar-refractivity contribution < 1.29 is 13.2 Å². The van der Waals surface area contributed by atoms with E-state index in [1.165, 1.54) is 0 Å². The van der Waals surface area contributed by atoms with Gasteiger partial charge >= 0.3 is 0 Å². The highest BCUT2D eigenvalue weighted by atomic mass is 32.2. The first-order valence-electron chi connectivity index (χ1n) is 14.3. The van der Waals surface area contributed by atoms with E-state index in [0.29, 0.717) is 19.5 Å². The Balaban J connectivity index is 1.35. The van der Waals surface area contributed by atoms with Crippen molar-refractivity contribution in [3.8, 4) is 22.9 Å². The number of aromatic nitrogens is 3. The first-order chi connectivity index (χ1) is 19.3. The first kappa shape index (κ1) is 26.7. The first-order valence-corrected chi connectivity index (χ1v) is 16.1. The fourth-order valence-corrected chi connectivity index (χ4v) is 7.42. The van der Waals surface area contributed by atoms with Gasteiger partial charge in [-0.3, -0.25) is 9.78 Å². The van der Waals surface area contributed by atoms with Crippen molar-refractivity contribution in [2.75, 3.05) is 29.5 Å². The van der Waals surface area contributed by atoms with Crippen molar-refractivity contribution in [2.24, 2.45) is 11.3 Å². The highest BCUT2D eigenvalue weighted by molar-refractivity contribution is 7.91. The molecule has 1 aromatic carbocycles. The Labute approximate surface area is 235 Å². The molecule has 2 atom stereocenters. The summed E-state index contributed by atoms with van der Waals surface area (Å²) in [6.45, 7) is 2.96. The Morgan fingerprint density at radius 3 is 2.40 bits per heavy atom. The van der Waals surface area contributed by atoms with Gasteiger partial charge in [-0.15, -0.1) is 0 Å². The Bertz CT molecular complexity index is 1540. The highest BCUT2D eigenvalue weighted by Gasteiger charge is 2.47. The van der Waals surface area contributed by atoms with Crippen LogP contribution in [0.5, 0.6) is 0 Å². The molecular formula is C31H35N5O3S. The maximum Gasteiger partial charge on any atom is 0.153 e. The van der Waals surface area contributed by atoms with Gasteiger partial charge in [0.1, 0.15) is 5.78 Å². The number of Topliss-reactive ketones (excluding diaryl/α,β-unsaturated/α-hetero) is 1. The van der Waals surface area contributed by atoms with Crippen LogP contribution in [-0.4, -0.2) is 53.6 Å². The van der Waals surface area contributed by atoms with Crippen LogP contribution in [0.4, 0.5) is 5.69 Å². The number of benzene rings is 1. The fraction of sp³-hybridized carbons (Fsp3) is 0.484. The van der Waals surface area contributed by atoms with Crippen LogP contribution < -0.4 is 4.90 Å². The summed E-state index contributed by atoms with van der Waals surface area (Å²) < 4.78 is 25.6. The second-order valence-corrected chi connectivity index (χ2v) is 14.1. The van der Waals surface area contributed by atoms with Gasteiger partial charge in [-0.2, -0.15) is 10.4 Å². The number of carbonyl (C=O) groups is 1. The molecule has 2 aromatic heterocycles. The third-order valence-corrected chi connectivity index (χ3v) is 10.5. The molecular weight excluding hydrogens is 522 g/mol. The van der Waals surface area contributed by atoms with E-state index in [4.69, 9.17) is 5.10 Å². The molecule has 0 amide bonds. The second-order valence-electron chi connectivity index (χ2n) is 11.7. The summed E-state index contributed by atoms with van der Waals surface area (Å²) in [5.41, 5.74) is 5.30. The van der Waals surface area contributed by atoms with Crippen molar-refractivity contribution >= 4 is 21.3 Å². The third-order valence-electron chi connectivity index (χ3n) is 8.93. The van der Waals surface area contributed by atoms with Gasteiger partial charge in [-0.25, -0.2) is 13.1 Å². The van der Waals surface area contributed by atoms with Gasteiger partial charge in [0.25, 0.3) is 0 Å². The second kappa shape index (κ2) is 10.5. The standard InChI is InChI=1S/C31H35N5O3S/c1-22-6-9-25(19-33-22)36-20-28(23-7-10-24(11-8-23)35-14-16-40(38,39)17-15-35)30(34-36)27-5-3-2-4-26(27)29(37)18-31(21-32)12-13-31/h6-11,19-20,26-27H,2-5,12-18H2,1H3/t26-,27-/m1/s1. The van der Waals surface area contributed by atoms with E-state index in [1.54, 1.807) is 0 Å². The van der Waals surface area contributed by atoms with Gasteiger partial charge in [0.05, 0.1) is 40.6 Å². The SMILES string of the molecule is Cc1ccc(-n2cc(-c3ccc(N4CCS(=O)(=O)CC4)cc3)c([C@@H]3CCCC[C@H]3C(=O)CC3(C#N)CC3)n2)cn1. The summed E-state index contributed by atoms with van der Waals surface area (Å²) in [5, 5.41) is 14.7. The molecule has 1 saturated heterocycles. The number of nitrogens with zero attached hydrogens (tertiary/aromatic N) is 5. The average Bonchev–Trinajstić information content (AvgIpc) is 3.60. The molecule has 8 nitrogen and oxygen atoms in total. The Hall–Kier alpha value is -3.51. The van der Waals surface area contributed by atoms with Crippen molar-refractivity contribution in [3.05, 3.63) is 60.2 Å². The lowest BCUT2D eigenvalue weighted by molar-refractivity contribution is -0.125. The van der Waals surface area contributed by atoms with Crippen molar-refractivity contribution in [1.82, 2.24) is 14.8 Å². The van der Waals surface area contributed by atoms with Gasteiger partial charge in [0.15, 0.2) is 9.84 Å². The molecule has 6 rings (SSSR count). The minimum absolute atomic E-state index is 0.00243. The molecule has 0 spiro atoms. The van der Waals surface area contributed by atoms with E-state index in [9.17, 15) is 18.5 Å². The normalized spacial score (nSPS) is 23.4. The quantitative estimate of drug-likeness (QED) is 0.401. The maximum atomic E-state index is 13.6. The molecule has 3 fully saturated rings. The summed E-state index contributed by atoms with van der Waals surface area (Å²) in [4.78, 5) is 20.2. The zero-order valence-corrected chi connectivity index (χ0v) is 23.7. The molecule has 208 valence electrons. The predicted molar refractivity (Wildman–Crippen MR) is 154 cm³/mol. The molecule has 3 aliphatic rings. The lowest BCUT2D eigenvalue weighted by Gasteiger charge is -2.31. The van der Waals surface area contributed by atoms with Crippen LogP contribution in [0.25, 0.3) is 16.8 Å². The Morgan fingerprint density at radius 2 is 1.75 bits per heavy atom. The largest absolute Gasteiger partial charge is 0.369 e. The minimum Gasteiger partial charge on any atom is -0.369 e. The zero-order chi connectivity index (χ0) is 27.9. The van der Waals surface area contributed by atoms with E-state index < -0.39 is 15.3 Å². The van der Waals surface area contributed by atoms with Crippen molar-refractivity contribution in [2.45, 2.75) is 57.8 Å². The molecule has 40 heavy (non-hydrogen) atoms. The highest BCUT2D eigenvalue weighted by Crippen LogP contribution is 2.51. The maximum absolute atomic E-state index is 13.6. The van der Waals surface area contributed by atoms with Crippen molar-refractivity contribution in [1.29, 1.82) is 5.26 Å². The Kier molecular flexibility index (Phi) is 6.99. The number of rotatable bonds is 7. The molecule has 3 heterocycles. The van der Waals surface area contributed by atoms with Gasteiger partial charge in [-0.1, -0.05) is 25.0 Å². The fourth-order valence-electron chi connectivity index (χ4n) is 6.22. The molecule has 9 heteroatoms. The summed E-state index contributed by atoms with van der Waals surface area (Å²) in [6, 6.07) is 14.6. The number of pyridine rings is 1. The minimum atomic E-state index is -2.94. The number of anilines is 1. The number of hydrogen-bond donors (Lipinski definition) is 0. The molecule has 0 radical (unpaired) electrons. The van der Waals surface area contributed by atoms with Crippen LogP contribution in [0.3, 0.4) is 0 Å². The van der Waals surface area contributed by atoms with Crippen LogP contribution >= 0.6 is 0 Å². The summed E-state index contributed by atoms with van der Waals surface area (Å²) in [5.74, 6) is 0.433. The van der Waals surface area contributed by atoms with Crippen molar-refractivity contribution in [3.63, 3.8) is 0 Å². The predicted octanol–water partition coefficient (Wildman–Crippen LogP) is 5.01. The summed E-state index contributed by atoms with van der Waals surface area (Å²) in [7, 11) is -2.94. The topological polar surface area (TPSA) is 109 Å². The van der Waals surface area contributed by atoms with E-state index in [0.717, 1.165) is 72.4 Å². The number of aryl methyl sites for hydroxylation is 1. The molecule has 1 aliphatic heterocycles. The number of ketones is 1. The lowest BCUT2D eigenvalue weighted by Crippen LogP contribution is -2.40. The van der Waals surface area contributed by atoms with Gasteiger partial charge in [0.2, 0.25) is 0 Å². The van der Waals surface area contributed by atoms with E-state index in [1.807, 2.05) is 36.1 Å². The number of sulfone groups is 1. The van der Waals surface area contributed by atoms with Crippen LogP contribution in [-0.2, 0) is 14.6 Å². The number of hydrogen-bond acceptors (Lipinski definition) is 7. The summed E-state index contributed by atoms with van der Waals surface area (Å²) >= 11 is 0. The van der Waals surface area contributed by atoms with E-state index in [2.05, 4.69) is 40.2 Å². The van der Waals surface area contributed by atoms with E-state index >= 15 is 0 Å². The molecule has 2 aliphatic carbocycles.